The van der Waals surface area contributed by atoms with Crippen LogP contribution in [0.3, 0.4) is 0 Å². The largest absolute Gasteiger partial charge is 0.378 e. The van der Waals surface area contributed by atoms with Crippen molar-refractivity contribution in [1.29, 1.82) is 5.26 Å². The molecule has 0 radical (unpaired) electrons. The molecule has 3 aliphatic heterocycles. The van der Waals surface area contributed by atoms with Crippen molar-refractivity contribution in [2.75, 3.05) is 13.2 Å². The summed E-state index contributed by atoms with van der Waals surface area (Å²) in [5.41, 5.74) is 5.95. The highest BCUT2D eigenvalue weighted by molar-refractivity contribution is 5.05. The SMILES string of the molecule is N#CC1C(N)OC(C2CCCO2)C1C1CCCO1. The zero-order valence-electron chi connectivity index (χ0n) is 10.5. The molecule has 3 saturated heterocycles. The lowest BCUT2D eigenvalue weighted by molar-refractivity contribution is -0.0741. The number of rotatable bonds is 2. The monoisotopic (exact) mass is 252 g/mol. The van der Waals surface area contributed by atoms with Gasteiger partial charge in [-0.25, -0.2) is 0 Å². The Morgan fingerprint density at radius 1 is 1.06 bits per heavy atom. The summed E-state index contributed by atoms with van der Waals surface area (Å²) >= 11 is 0. The van der Waals surface area contributed by atoms with Crippen LogP contribution in [0.2, 0.25) is 0 Å². The van der Waals surface area contributed by atoms with Gasteiger partial charge in [0, 0.05) is 19.1 Å². The number of nitrogens with two attached hydrogens (primary N) is 1. The molecule has 0 amide bonds. The summed E-state index contributed by atoms with van der Waals surface area (Å²) in [7, 11) is 0. The van der Waals surface area contributed by atoms with E-state index in [9.17, 15) is 5.26 Å². The van der Waals surface area contributed by atoms with Crippen molar-refractivity contribution < 1.29 is 14.2 Å². The molecule has 6 unspecified atom stereocenters. The summed E-state index contributed by atoms with van der Waals surface area (Å²) in [5, 5.41) is 9.32. The molecule has 6 atom stereocenters. The van der Waals surface area contributed by atoms with E-state index >= 15 is 0 Å². The third kappa shape index (κ3) is 2.04. The molecule has 0 aromatic rings. The van der Waals surface area contributed by atoms with Gasteiger partial charge in [-0.1, -0.05) is 0 Å². The standard InChI is InChI=1S/C13H20N2O3/c14-7-8-11(9-3-1-5-16-9)12(18-13(8)15)10-4-2-6-17-10/h8-13H,1-6,15H2. The molecule has 100 valence electrons. The number of nitrogens with zero attached hydrogens (tertiary/aromatic N) is 1. The minimum atomic E-state index is -0.501. The fourth-order valence-electron chi connectivity index (χ4n) is 3.49. The van der Waals surface area contributed by atoms with Crippen molar-refractivity contribution in [3.63, 3.8) is 0 Å². The Morgan fingerprint density at radius 2 is 1.72 bits per heavy atom. The summed E-state index contributed by atoms with van der Waals surface area (Å²) in [6, 6.07) is 2.31. The molecule has 5 heteroatoms. The lowest BCUT2D eigenvalue weighted by atomic mass is 9.82. The fraction of sp³-hybridized carbons (Fsp3) is 0.923. The lowest BCUT2D eigenvalue weighted by Crippen LogP contribution is -2.39. The normalized spacial score (nSPS) is 48.4. The number of hydrogen-bond donors (Lipinski definition) is 1. The molecule has 0 bridgehead atoms. The highest BCUT2D eigenvalue weighted by Crippen LogP contribution is 2.41. The Balaban J connectivity index is 1.80. The second-order valence-corrected chi connectivity index (χ2v) is 5.40. The maximum Gasteiger partial charge on any atom is 0.122 e. The number of ether oxygens (including phenoxy) is 3. The third-order valence-corrected chi connectivity index (χ3v) is 4.34. The van der Waals surface area contributed by atoms with E-state index in [4.69, 9.17) is 19.9 Å². The van der Waals surface area contributed by atoms with E-state index in [1.54, 1.807) is 0 Å². The minimum absolute atomic E-state index is 0.0654. The zero-order chi connectivity index (χ0) is 12.5. The predicted octanol–water partition coefficient (Wildman–Crippen LogP) is 0.784. The molecule has 2 N–H and O–H groups in total. The molecule has 3 rings (SSSR count). The second kappa shape index (κ2) is 5.14. The van der Waals surface area contributed by atoms with E-state index in [1.165, 1.54) is 0 Å². The van der Waals surface area contributed by atoms with E-state index in [0.717, 1.165) is 38.9 Å². The summed E-state index contributed by atoms with van der Waals surface area (Å²) in [6.07, 6.45) is 3.75. The average Bonchev–Trinajstić information content (AvgIpc) is 3.08. The Hall–Kier alpha value is -0.670. The van der Waals surface area contributed by atoms with Crippen LogP contribution in [0.4, 0.5) is 0 Å². The topological polar surface area (TPSA) is 77.5 Å². The van der Waals surface area contributed by atoms with Crippen LogP contribution in [0, 0.1) is 23.2 Å². The molecule has 5 nitrogen and oxygen atoms in total. The molecule has 3 heterocycles. The van der Waals surface area contributed by atoms with Gasteiger partial charge >= 0.3 is 0 Å². The zero-order valence-corrected chi connectivity index (χ0v) is 10.5. The van der Waals surface area contributed by atoms with Crippen LogP contribution in [0.1, 0.15) is 25.7 Å². The Labute approximate surface area is 107 Å². The van der Waals surface area contributed by atoms with E-state index in [1.807, 2.05) is 0 Å². The molecular formula is C13H20N2O3. The van der Waals surface area contributed by atoms with Gasteiger partial charge in [-0.2, -0.15) is 5.26 Å². The van der Waals surface area contributed by atoms with E-state index in [-0.39, 0.29) is 30.1 Å². The number of hydrogen-bond acceptors (Lipinski definition) is 5. The van der Waals surface area contributed by atoms with Crippen LogP contribution in [-0.2, 0) is 14.2 Å². The van der Waals surface area contributed by atoms with Crippen molar-refractivity contribution >= 4 is 0 Å². The van der Waals surface area contributed by atoms with Gasteiger partial charge in [-0.15, -0.1) is 0 Å². The van der Waals surface area contributed by atoms with Crippen molar-refractivity contribution in [2.45, 2.75) is 50.2 Å². The molecule has 18 heavy (non-hydrogen) atoms. The first-order valence-electron chi connectivity index (χ1n) is 6.85. The first-order chi connectivity index (χ1) is 8.81. The van der Waals surface area contributed by atoms with Crippen molar-refractivity contribution in [3.05, 3.63) is 0 Å². The van der Waals surface area contributed by atoms with Crippen LogP contribution < -0.4 is 5.73 Å². The van der Waals surface area contributed by atoms with Gasteiger partial charge in [0.1, 0.15) is 6.23 Å². The van der Waals surface area contributed by atoms with Gasteiger partial charge < -0.3 is 19.9 Å². The summed E-state index contributed by atoms with van der Waals surface area (Å²) in [5.74, 6) is -0.210. The molecule has 0 spiro atoms. The van der Waals surface area contributed by atoms with E-state index in [2.05, 4.69) is 6.07 Å². The first kappa shape index (κ1) is 12.4. The molecule has 3 aliphatic rings. The van der Waals surface area contributed by atoms with Gasteiger partial charge in [0.2, 0.25) is 0 Å². The maximum absolute atomic E-state index is 9.32. The molecular weight excluding hydrogens is 232 g/mol. The van der Waals surface area contributed by atoms with E-state index < -0.39 is 6.23 Å². The predicted molar refractivity (Wildman–Crippen MR) is 63.4 cm³/mol. The maximum atomic E-state index is 9.32. The molecule has 0 aliphatic carbocycles. The number of nitriles is 1. The smallest absolute Gasteiger partial charge is 0.122 e. The highest BCUT2D eigenvalue weighted by Gasteiger charge is 2.51. The van der Waals surface area contributed by atoms with Gasteiger partial charge in [0.05, 0.1) is 30.3 Å². The third-order valence-electron chi connectivity index (χ3n) is 4.34. The Bertz CT molecular complexity index is 332. The van der Waals surface area contributed by atoms with Crippen LogP contribution >= 0.6 is 0 Å². The van der Waals surface area contributed by atoms with Crippen molar-refractivity contribution in [1.82, 2.24) is 0 Å². The Morgan fingerprint density at radius 3 is 2.28 bits per heavy atom. The quantitative estimate of drug-likeness (QED) is 0.786. The molecule has 0 saturated carbocycles. The highest BCUT2D eigenvalue weighted by atomic mass is 16.6. The summed E-state index contributed by atoms with van der Waals surface area (Å²) in [6.45, 7) is 1.57. The van der Waals surface area contributed by atoms with Crippen molar-refractivity contribution in [3.8, 4) is 6.07 Å². The second-order valence-electron chi connectivity index (χ2n) is 5.40. The van der Waals surface area contributed by atoms with Crippen LogP contribution in [0.5, 0.6) is 0 Å². The van der Waals surface area contributed by atoms with Crippen LogP contribution in [-0.4, -0.2) is 37.8 Å². The lowest BCUT2D eigenvalue weighted by Gasteiger charge is -2.28. The van der Waals surface area contributed by atoms with Gasteiger partial charge in [-0.05, 0) is 25.7 Å². The minimum Gasteiger partial charge on any atom is -0.378 e. The molecule has 3 fully saturated rings. The van der Waals surface area contributed by atoms with E-state index in [0.29, 0.717) is 0 Å². The van der Waals surface area contributed by atoms with Crippen LogP contribution in [0.25, 0.3) is 0 Å². The Kier molecular flexibility index (Phi) is 3.53. The summed E-state index contributed by atoms with van der Waals surface area (Å²) in [4.78, 5) is 0. The van der Waals surface area contributed by atoms with Gasteiger partial charge in [0.15, 0.2) is 0 Å². The van der Waals surface area contributed by atoms with Gasteiger partial charge in [0.25, 0.3) is 0 Å². The van der Waals surface area contributed by atoms with Crippen LogP contribution in [0.15, 0.2) is 0 Å². The first-order valence-corrected chi connectivity index (χ1v) is 6.85. The van der Waals surface area contributed by atoms with Crippen molar-refractivity contribution in [2.24, 2.45) is 17.6 Å². The van der Waals surface area contributed by atoms with Gasteiger partial charge in [-0.3, -0.25) is 0 Å². The average molecular weight is 252 g/mol. The molecule has 0 aromatic heterocycles. The fourth-order valence-corrected chi connectivity index (χ4v) is 3.49. The summed E-state index contributed by atoms with van der Waals surface area (Å²) < 4.78 is 17.3. The molecule has 0 aromatic carbocycles.